The molecule has 0 fully saturated rings. The number of hydrogen-bond donors (Lipinski definition) is 1. The molecule has 1 aromatic rings. The zero-order valence-corrected chi connectivity index (χ0v) is 7.89. The first kappa shape index (κ1) is 12.3. The second-order valence-corrected chi connectivity index (χ2v) is 2.86. The number of aromatic nitrogens is 1. The Hall–Kier alpha value is -1.79. The Balaban J connectivity index is 3.27. The van der Waals surface area contributed by atoms with Gasteiger partial charge in [-0.15, -0.1) is 0 Å². The van der Waals surface area contributed by atoms with E-state index in [1.54, 1.807) is 0 Å². The van der Waals surface area contributed by atoms with E-state index in [4.69, 9.17) is 10.6 Å². The molecule has 1 N–H and O–H groups in total. The van der Waals surface area contributed by atoms with E-state index in [0.717, 1.165) is 18.5 Å². The first-order valence-electron chi connectivity index (χ1n) is 4.17. The van der Waals surface area contributed by atoms with E-state index in [2.05, 4.69) is 15.0 Å². The Morgan fingerprint density at radius 1 is 1.56 bits per heavy atom. The molecule has 0 spiro atoms. The minimum absolute atomic E-state index is 0.338. The van der Waals surface area contributed by atoms with Crippen molar-refractivity contribution in [2.24, 2.45) is 5.11 Å². The van der Waals surface area contributed by atoms with Crippen molar-refractivity contribution in [1.29, 1.82) is 0 Å². The van der Waals surface area contributed by atoms with Crippen molar-refractivity contribution in [3.63, 3.8) is 0 Å². The lowest BCUT2D eigenvalue weighted by Gasteiger charge is -2.15. The van der Waals surface area contributed by atoms with Gasteiger partial charge < -0.3 is 5.11 Å². The van der Waals surface area contributed by atoms with Crippen molar-refractivity contribution >= 4 is 0 Å². The fourth-order valence-electron chi connectivity index (χ4n) is 1.19. The van der Waals surface area contributed by atoms with Crippen LogP contribution in [0.1, 0.15) is 17.2 Å². The standard InChI is InChI=1S/C8H7F3N4O/c9-8(10,11)6-1-2-13-3-5(6)7(4-16)14-15-12/h1-3,7,16H,4H2. The second-order valence-electron chi connectivity index (χ2n) is 2.86. The summed E-state index contributed by atoms with van der Waals surface area (Å²) in [7, 11) is 0. The summed E-state index contributed by atoms with van der Waals surface area (Å²) in [6.45, 7) is -0.709. The zero-order chi connectivity index (χ0) is 12.2. The molecule has 0 aliphatic rings. The number of azide groups is 1. The predicted octanol–water partition coefficient (Wildman–Crippen LogP) is 2.44. The number of nitrogens with zero attached hydrogens (tertiary/aromatic N) is 4. The number of alkyl halides is 3. The Kier molecular flexibility index (Phi) is 3.70. The molecular weight excluding hydrogens is 225 g/mol. The molecule has 0 saturated carbocycles. The molecule has 0 aliphatic heterocycles. The van der Waals surface area contributed by atoms with Crippen LogP contribution in [0.15, 0.2) is 23.6 Å². The number of pyridine rings is 1. The lowest BCUT2D eigenvalue weighted by Crippen LogP contribution is -2.13. The summed E-state index contributed by atoms with van der Waals surface area (Å²) in [5, 5.41) is 11.9. The lowest BCUT2D eigenvalue weighted by atomic mass is 10.0. The number of aliphatic hydroxyl groups excluding tert-OH is 1. The molecule has 1 rings (SSSR count). The fraction of sp³-hybridized carbons (Fsp3) is 0.375. The van der Waals surface area contributed by atoms with E-state index in [-0.39, 0.29) is 5.56 Å². The molecule has 5 nitrogen and oxygen atoms in total. The van der Waals surface area contributed by atoms with E-state index in [0.29, 0.717) is 0 Å². The molecule has 16 heavy (non-hydrogen) atoms. The normalized spacial score (nSPS) is 13.0. The van der Waals surface area contributed by atoms with Crippen LogP contribution in [-0.2, 0) is 6.18 Å². The number of aliphatic hydroxyl groups is 1. The summed E-state index contributed by atoms with van der Waals surface area (Å²) in [5.74, 6) is 0. The third-order valence-electron chi connectivity index (χ3n) is 1.88. The first-order chi connectivity index (χ1) is 7.50. The van der Waals surface area contributed by atoms with Gasteiger partial charge in [-0.2, -0.15) is 13.2 Å². The molecular formula is C8H7F3N4O. The van der Waals surface area contributed by atoms with E-state index in [1.807, 2.05) is 0 Å². The molecule has 1 atom stereocenters. The van der Waals surface area contributed by atoms with E-state index in [9.17, 15) is 13.2 Å². The zero-order valence-electron chi connectivity index (χ0n) is 7.89. The fourth-order valence-corrected chi connectivity index (χ4v) is 1.19. The van der Waals surface area contributed by atoms with Gasteiger partial charge in [0.05, 0.1) is 18.2 Å². The molecule has 1 aromatic heterocycles. The van der Waals surface area contributed by atoms with Crippen LogP contribution in [0.3, 0.4) is 0 Å². The summed E-state index contributed by atoms with van der Waals surface area (Å²) in [6, 6.07) is -0.513. The van der Waals surface area contributed by atoms with Crippen molar-refractivity contribution in [3.05, 3.63) is 40.0 Å². The van der Waals surface area contributed by atoms with Crippen molar-refractivity contribution < 1.29 is 18.3 Å². The van der Waals surface area contributed by atoms with Gasteiger partial charge in [0, 0.05) is 17.3 Å². The Morgan fingerprint density at radius 2 is 2.25 bits per heavy atom. The third kappa shape index (κ3) is 2.62. The molecule has 8 heteroatoms. The summed E-state index contributed by atoms with van der Waals surface area (Å²) < 4.78 is 37.6. The molecule has 0 bridgehead atoms. The van der Waals surface area contributed by atoms with Crippen LogP contribution >= 0.6 is 0 Å². The quantitative estimate of drug-likeness (QED) is 0.493. The average Bonchev–Trinajstić information content (AvgIpc) is 2.25. The van der Waals surface area contributed by atoms with Gasteiger partial charge in [-0.3, -0.25) is 4.98 Å². The van der Waals surface area contributed by atoms with Crippen LogP contribution in [0.4, 0.5) is 13.2 Å². The summed E-state index contributed by atoms with van der Waals surface area (Å²) in [4.78, 5) is 5.89. The van der Waals surface area contributed by atoms with Gasteiger partial charge >= 0.3 is 6.18 Å². The minimum atomic E-state index is -4.57. The highest BCUT2D eigenvalue weighted by molar-refractivity contribution is 5.29. The SMILES string of the molecule is [N-]=[N+]=NC(CO)c1cnccc1C(F)(F)F. The second kappa shape index (κ2) is 4.82. The Bertz CT molecular complexity index is 414. The summed E-state index contributed by atoms with van der Waals surface area (Å²) in [5.41, 5.74) is 6.87. The molecule has 0 saturated heterocycles. The van der Waals surface area contributed by atoms with Gasteiger partial charge in [0.2, 0.25) is 0 Å². The van der Waals surface area contributed by atoms with Crippen LogP contribution in [0.5, 0.6) is 0 Å². The smallest absolute Gasteiger partial charge is 0.396 e. The molecule has 0 aliphatic carbocycles. The third-order valence-corrected chi connectivity index (χ3v) is 1.88. The summed E-state index contributed by atoms with van der Waals surface area (Å²) in [6.07, 6.45) is -2.66. The van der Waals surface area contributed by atoms with Crippen LogP contribution in [0.25, 0.3) is 10.4 Å². The van der Waals surface area contributed by atoms with Crippen LogP contribution < -0.4 is 0 Å². The molecule has 1 heterocycles. The minimum Gasteiger partial charge on any atom is -0.396 e. The molecule has 86 valence electrons. The van der Waals surface area contributed by atoms with Gasteiger partial charge in [0.25, 0.3) is 0 Å². The molecule has 0 aromatic carbocycles. The van der Waals surface area contributed by atoms with Gasteiger partial charge in [-0.05, 0) is 17.2 Å². The van der Waals surface area contributed by atoms with Gasteiger partial charge in [0.1, 0.15) is 0 Å². The van der Waals surface area contributed by atoms with Crippen LogP contribution in [0.2, 0.25) is 0 Å². The molecule has 0 radical (unpaired) electrons. The lowest BCUT2D eigenvalue weighted by molar-refractivity contribution is -0.138. The monoisotopic (exact) mass is 232 g/mol. The van der Waals surface area contributed by atoms with Crippen molar-refractivity contribution in [3.8, 4) is 0 Å². The summed E-state index contributed by atoms with van der Waals surface area (Å²) >= 11 is 0. The topological polar surface area (TPSA) is 81.9 Å². The highest BCUT2D eigenvalue weighted by Crippen LogP contribution is 2.34. The Labute approximate surface area is 88.2 Å². The highest BCUT2D eigenvalue weighted by atomic mass is 19.4. The molecule has 1 unspecified atom stereocenters. The van der Waals surface area contributed by atoms with E-state index < -0.39 is 24.4 Å². The van der Waals surface area contributed by atoms with Crippen molar-refractivity contribution in [1.82, 2.24) is 4.98 Å². The average molecular weight is 232 g/mol. The maximum atomic E-state index is 12.5. The van der Waals surface area contributed by atoms with Crippen LogP contribution in [-0.4, -0.2) is 16.7 Å². The first-order valence-corrected chi connectivity index (χ1v) is 4.17. The Morgan fingerprint density at radius 3 is 2.75 bits per heavy atom. The van der Waals surface area contributed by atoms with Gasteiger partial charge in [-0.25, -0.2) is 0 Å². The van der Waals surface area contributed by atoms with Crippen LogP contribution in [0, 0.1) is 0 Å². The molecule has 0 amide bonds. The van der Waals surface area contributed by atoms with Crippen molar-refractivity contribution in [2.75, 3.05) is 6.61 Å². The maximum absolute atomic E-state index is 12.5. The number of hydrogen-bond acceptors (Lipinski definition) is 3. The largest absolute Gasteiger partial charge is 0.416 e. The van der Waals surface area contributed by atoms with E-state index >= 15 is 0 Å². The van der Waals surface area contributed by atoms with E-state index in [1.165, 1.54) is 0 Å². The predicted molar refractivity (Wildman–Crippen MR) is 48.2 cm³/mol. The highest BCUT2D eigenvalue weighted by Gasteiger charge is 2.34. The maximum Gasteiger partial charge on any atom is 0.416 e. The van der Waals surface area contributed by atoms with Gasteiger partial charge in [0.15, 0.2) is 0 Å². The number of rotatable bonds is 3. The van der Waals surface area contributed by atoms with Crippen molar-refractivity contribution in [2.45, 2.75) is 12.2 Å². The van der Waals surface area contributed by atoms with Gasteiger partial charge in [-0.1, -0.05) is 5.11 Å². The number of halogens is 3.